The molecule has 1 N–H and O–H groups in total. The molecule has 1 saturated heterocycles. The smallest absolute Gasteiger partial charge is 0.231 e. The van der Waals surface area contributed by atoms with Gasteiger partial charge in [-0.25, -0.2) is 0 Å². The first-order chi connectivity index (χ1) is 15.7. The Morgan fingerprint density at radius 1 is 1.03 bits per heavy atom. The van der Waals surface area contributed by atoms with Crippen molar-refractivity contribution in [3.8, 4) is 11.5 Å². The second-order valence-corrected chi connectivity index (χ2v) is 8.78. The van der Waals surface area contributed by atoms with Crippen molar-refractivity contribution in [1.29, 1.82) is 0 Å². The molecule has 0 bridgehead atoms. The average Bonchev–Trinajstić information content (AvgIpc) is 3.30. The summed E-state index contributed by atoms with van der Waals surface area (Å²) in [5.41, 5.74) is 3.33. The molecule has 2 aromatic rings. The van der Waals surface area contributed by atoms with Crippen LogP contribution in [0, 0.1) is 5.92 Å². The molecular weight excluding hydrogens is 406 g/mol. The summed E-state index contributed by atoms with van der Waals surface area (Å²) in [5.74, 6) is 1.59. The molecule has 0 spiro atoms. The predicted octanol–water partition coefficient (Wildman–Crippen LogP) is 3.04. The average molecular weight is 436 g/mol. The largest absolute Gasteiger partial charge is 0.454 e. The molecule has 3 aliphatic heterocycles. The molecule has 1 fully saturated rings. The molecule has 7 heteroatoms. The second kappa shape index (κ2) is 9.20. The first-order valence-corrected chi connectivity index (χ1v) is 11.4. The third-order valence-electron chi connectivity index (χ3n) is 6.61. The summed E-state index contributed by atoms with van der Waals surface area (Å²) in [5, 5.41) is 2.93. The molecule has 2 amide bonds. The van der Waals surface area contributed by atoms with E-state index >= 15 is 0 Å². The van der Waals surface area contributed by atoms with Gasteiger partial charge in [0, 0.05) is 44.4 Å². The molecule has 3 aliphatic rings. The monoisotopic (exact) mass is 435 g/mol. The van der Waals surface area contributed by atoms with Crippen LogP contribution in [0.25, 0.3) is 0 Å². The minimum atomic E-state index is -0.0371. The number of nitrogens with zero attached hydrogens (tertiary/aromatic N) is 2. The number of benzene rings is 2. The Morgan fingerprint density at radius 3 is 2.78 bits per heavy atom. The molecule has 0 radical (unpaired) electrons. The first kappa shape index (κ1) is 20.8. The van der Waals surface area contributed by atoms with Crippen LogP contribution in [-0.2, 0) is 22.6 Å². The number of anilines is 1. The van der Waals surface area contributed by atoms with E-state index < -0.39 is 0 Å². The Morgan fingerprint density at radius 2 is 1.88 bits per heavy atom. The summed E-state index contributed by atoms with van der Waals surface area (Å²) in [6, 6.07) is 13.8. The van der Waals surface area contributed by atoms with Crippen LogP contribution in [0.5, 0.6) is 11.5 Å². The van der Waals surface area contributed by atoms with Gasteiger partial charge in [-0.2, -0.15) is 0 Å². The Kier molecular flexibility index (Phi) is 5.99. The van der Waals surface area contributed by atoms with Gasteiger partial charge in [-0.15, -0.1) is 0 Å². The zero-order valence-electron chi connectivity index (χ0n) is 18.2. The van der Waals surface area contributed by atoms with Gasteiger partial charge in [0.25, 0.3) is 0 Å². The standard InChI is InChI=1S/C25H29N3O4/c29-24(26-21-7-8-22-23(14-21)32-17-31-22)10-12-27-11-3-6-20(15-27)25(30)28-13-9-18-4-1-2-5-19(18)16-28/h1-2,4-5,7-8,14,20H,3,6,9-13,15-17H2,(H,26,29). The fourth-order valence-electron chi connectivity index (χ4n) is 4.86. The van der Waals surface area contributed by atoms with Crippen molar-refractivity contribution in [2.75, 3.05) is 38.3 Å². The van der Waals surface area contributed by atoms with Crippen molar-refractivity contribution in [1.82, 2.24) is 9.80 Å². The molecule has 0 aliphatic carbocycles. The van der Waals surface area contributed by atoms with Gasteiger partial charge in [-0.3, -0.25) is 9.59 Å². The van der Waals surface area contributed by atoms with Crippen molar-refractivity contribution in [3.05, 3.63) is 53.6 Å². The number of nitrogens with one attached hydrogen (secondary N) is 1. The van der Waals surface area contributed by atoms with E-state index in [0.29, 0.717) is 36.7 Å². The third kappa shape index (κ3) is 4.58. The predicted molar refractivity (Wildman–Crippen MR) is 121 cm³/mol. The van der Waals surface area contributed by atoms with Crippen LogP contribution in [0.4, 0.5) is 5.69 Å². The van der Waals surface area contributed by atoms with Gasteiger partial charge >= 0.3 is 0 Å². The Hall–Kier alpha value is -3.06. The van der Waals surface area contributed by atoms with Crippen molar-refractivity contribution in [2.45, 2.75) is 32.2 Å². The number of amides is 2. The molecule has 0 aromatic heterocycles. The van der Waals surface area contributed by atoms with Gasteiger partial charge in [0.1, 0.15) is 0 Å². The van der Waals surface area contributed by atoms with Gasteiger partial charge in [0.2, 0.25) is 18.6 Å². The molecule has 168 valence electrons. The lowest BCUT2D eigenvalue weighted by atomic mass is 9.94. The molecule has 5 rings (SSSR count). The maximum atomic E-state index is 13.2. The molecule has 1 atom stereocenters. The normalized spacial score (nSPS) is 20.0. The minimum absolute atomic E-state index is 0.0194. The van der Waals surface area contributed by atoms with Crippen LogP contribution in [0.3, 0.4) is 0 Å². The van der Waals surface area contributed by atoms with Gasteiger partial charge in [-0.05, 0) is 49.1 Å². The van der Waals surface area contributed by atoms with Crippen LogP contribution in [-0.4, -0.2) is 54.6 Å². The maximum absolute atomic E-state index is 13.2. The summed E-state index contributed by atoms with van der Waals surface area (Å²) in [6.07, 6.45) is 3.24. The first-order valence-electron chi connectivity index (χ1n) is 11.4. The molecule has 3 heterocycles. The highest BCUT2D eigenvalue weighted by Gasteiger charge is 2.31. The topological polar surface area (TPSA) is 71.1 Å². The number of ether oxygens (including phenoxy) is 2. The summed E-state index contributed by atoms with van der Waals surface area (Å²) < 4.78 is 10.7. The number of rotatable bonds is 5. The number of fused-ring (bicyclic) bond motifs is 2. The molecule has 2 aromatic carbocycles. The van der Waals surface area contributed by atoms with Crippen LogP contribution in [0.2, 0.25) is 0 Å². The summed E-state index contributed by atoms with van der Waals surface area (Å²) in [7, 11) is 0. The van der Waals surface area contributed by atoms with E-state index in [1.165, 1.54) is 11.1 Å². The van der Waals surface area contributed by atoms with Crippen LogP contribution < -0.4 is 14.8 Å². The molecular formula is C25H29N3O4. The van der Waals surface area contributed by atoms with E-state index in [1.54, 1.807) is 12.1 Å². The summed E-state index contributed by atoms with van der Waals surface area (Å²) >= 11 is 0. The number of hydrogen-bond donors (Lipinski definition) is 1. The van der Waals surface area contributed by atoms with Gasteiger partial charge in [0.15, 0.2) is 11.5 Å². The quantitative estimate of drug-likeness (QED) is 0.782. The number of carbonyl (C=O) groups excluding carboxylic acids is 2. The molecule has 1 unspecified atom stereocenters. The van der Waals surface area contributed by atoms with Crippen LogP contribution >= 0.6 is 0 Å². The van der Waals surface area contributed by atoms with E-state index in [-0.39, 0.29) is 24.5 Å². The Balaban J connectivity index is 1.11. The number of likely N-dealkylation sites (tertiary alicyclic amines) is 1. The van der Waals surface area contributed by atoms with Crippen molar-refractivity contribution >= 4 is 17.5 Å². The van der Waals surface area contributed by atoms with E-state index in [2.05, 4.69) is 28.4 Å². The second-order valence-electron chi connectivity index (χ2n) is 8.78. The highest BCUT2D eigenvalue weighted by atomic mass is 16.7. The Bertz CT molecular complexity index is 1010. The van der Waals surface area contributed by atoms with E-state index in [0.717, 1.165) is 38.9 Å². The summed E-state index contributed by atoms with van der Waals surface area (Å²) in [4.78, 5) is 29.9. The highest BCUT2D eigenvalue weighted by Crippen LogP contribution is 2.34. The highest BCUT2D eigenvalue weighted by molar-refractivity contribution is 5.91. The summed E-state index contributed by atoms with van der Waals surface area (Å²) in [6.45, 7) is 4.04. The lowest BCUT2D eigenvalue weighted by molar-refractivity contribution is -0.138. The molecule has 0 saturated carbocycles. The lowest BCUT2D eigenvalue weighted by Crippen LogP contribution is -2.46. The van der Waals surface area contributed by atoms with Gasteiger partial charge < -0.3 is 24.6 Å². The zero-order valence-corrected chi connectivity index (χ0v) is 18.2. The van der Waals surface area contributed by atoms with E-state index in [4.69, 9.17) is 9.47 Å². The zero-order chi connectivity index (χ0) is 21.9. The molecule has 7 nitrogen and oxygen atoms in total. The fraction of sp³-hybridized carbons (Fsp3) is 0.440. The van der Waals surface area contributed by atoms with Crippen molar-refractivity contribution < 1.29 is 19.1 Å². The van der Waals surface area contributed by atoms with Crippen molar-refractivity contribution in [2.24, 2.45) is 5.92 Å². The maximum Gasteiger partial charge on any atom is 0.231 e. The fourth-order valence-corrected chi connectivity index (χ4v) is 4.86. The Labute approximate surface area is 188 Å². The van der Waals surface area contributed by atoms with Crippen molar-refractivity contribution in [3.63, 3.8) is 0 Å². The van der Waals surface area contributed by atoms with Crippen LogP contribution in [0.1, 0.15) is 30.4 Å². The number of piperidine rings is 1. The lowest BCUT2D eigenvalue weighted by Gasteiger charge is -2.36. The van der Waals surface area contributed by atoms with Gasteiger partial charge in [0.05, 0.1) is 5.92 Å². The van der Waals surface area contributed by atoms with E-state index in [9.17, 15) is 9.59 Å². The minimum Gasteiger partial charge on any atom is -0.454 e. The van der Waals surface area contributed by atoms with E-state index in [1.807, 2.05) is 17.0 Å². The van der Waals surface area contributed by atoms with Crippen LogP contribution in [0.15, 0.2) is 42.5 Å². The van der Waals surface area contributed by atoms with Gasteiger partial charge in [-0.1, -0.05) is 24.3 Å². The molecule has 32 heavy (non-hydrogen) atoms. The number of carbonyl (C=O) groups is 2. The number of hydrogen-bond acceptors (Lipinski definition) is 5. The SMILES string of the molecule is O=C(CCN1CCCC(C(=O)N2CCc3ccccc3C2)C1)Nc1ccc2c(c1)OCO2. The third-order valence-corrected chi connectivity index (χ3v) is 6.61.